The first-order valence-corrected chi connectivity index (χ1v) is 9.72. The minimum Gasteiger partial charge on any atom is -0.463 e. The molecule has 1 aliphatic heterocycles. The van der Waals surface area contributed by atoms with Gasteiger partial charge in [0, 0.05) is 29.4 Å². The molecule has 0 saturated heterocycles. The molecule has 8 nitrogen and oxygen atoms in total. The van der Waals surface area contributed by atoms with Gasteiger partial charge in [0.25, 0.3) is 0 Å². The lowest BCUT2D eigenvalue weighted by molar-refractivity contribution is -0.145. The number of ether oxygens (including phenoxy) is 2. The van der Waals surface area contributed by atoms with Gasteiger partial charge >= 0.3 is 18.0 Å². The molecular formula is C18H23N3O5S. The lowest BCUT2D eigenvalue weighted by atomic mass is 10.1. The summed E-state index contributed by atoms with van der Waals surface area (Å²) in [6.45, 7) is 5.43. The Hall–Kier alpha value is -2.55. The molecule has 2 unspecified atom stereocenters. The Bertz CT molecular complexity index is 723. The van der Waals surface area contributed by atoms with Gasteiger partial charge in [0.05, 0.1) is 24.0 Å². The molecule has 1 aromatic heterocycles. The third-order valence-electron chi connectivity index (χ3n) is 3.79. The zero-order valence-corrected chi connectivity index (χ0v) is 16.3. The van der Waals surface area contributed by atoms with E-state index in [2.05, 4.69) is 15.6 Å². The van der Waals surface area contributed by atoms with E-state index in [-0.39, 0.29) is 30.1 Å². The number of carbonyl (C=O) groups is 3. The Balaban J connectivity index is 1.92. The van der Waals surface area contributed by atoms with Gasteiger partial charge in [-0.2, -0.15) is 0 Å². The van der Waals surface area contributed by atoms with Crippen molar-refractivity contribution in [1.82, 2.24) is 15.6 Å². The zero-order chi connectivity index (χ0) is 19.8. The van der Waals surface area contributed by atoms with E-state index in [1.165, 1.54) is 11.8 Å². The number of carbonyl (C=O) groups excluding carboxylic acids is 3. The Kier molecular flexibility index (Phi) is 7.66. The summed E-state index contributed by atoms with van der Waals surface area (Å²) in [6.07, 6.45) is 2.89. The molecule has 2 atom stereocenters. The quantitative estimate of drug-likeness (QED) is 0.650. The van der Waals surface area contributed by atoms with Crippen LogP contribution in [-0.2, 0) is 19.1 Å². The first-order valence-electron chi connectivity index (χ1n) is 8.57. The van der Waals surface area contributed by atoms with Crippen LogP contribution in [0.1, 0.15) is 32.4 Å². The van der Waals surface area contributed by atoms with Gasteiger partial charge in [-0.05, 0) is 26.8 Å². The van der Waals surface area contributed by atoms with Gasteiger partial charge in [-0.1, -0.05) is 6.07 Å². The molecule has 0 radical (unpaired) electrons. The second-order valence-corrected chi connectivity index (χ2v) is 6.83. The number of hydrogen-bond acceptors (Lipinski definition) is 7. The van der Waals surface area contributed by atoms with Crippen molar-refractivity contribution in [3.63, 3.8) is 0 Å². The summed E-state index contributed by atoms with van der Waals surface area (Å²) in [5.74, 6) is -0.506. The lowest BCUT2D eigenvalue weighted by Crippen LogP contribution is -2.49. The number of nitrogens with one attached hydrogen (secondary N) is 2. The zero-order valence-electron chi connectivity index (χ0n) is 15.5. The standard InChI is InChI=1S/C18H23N3O5S/c1-4-25-17(23)16-11(2)20-18(24)21-14(16)9-27-10-15(22)26-12(3)13-6-5-7-19-8-13/h5-8,11-12H,4,9-10H2,1-3H3,(H2,20,21,24). The maximum atomic E-state index is 12.1. The van der Waals surface area contributed by atoms with E-state index in [4.69, 9.17) is 9.47 Å². The molecule has 27 heavy (non-hydrogen) atoms. The van der Waals surface area contributed by atoms with Crippen molar-refractivity contribution in [3.05, 3.63) is 41.4 Å². The Morgan fingerprint density at radius 3 is 2.85 bits per heavy atom. The molecule has 2 N–H and O–H groups in total. The first-order chi connectivity index (χ1) is 12.9. The average Bonchev–Trinajstić information content (AvgIpc) is 2.62. The SMILES string of the molecule is CCOC(=O)C1=C(CSCC(=O)OC(C)c2cccnc2)NC(=O)NC1C. The fourth-order valence-electron chi connectivity index (χ4n) is 2.55. The van der Waals surface area contributed by atoms with E-state index >= 15 is 0 Å². The van der Waals surface area contributed by atoms with Crippen LogP contribution < -0.4 is 10.6 Å². The number of thioether (sulfide) groups is 1. The van der Waals surface area contributed by atoms with E-state index in [1.54, 1.807) is 39.2 Å². The predicted octanol–water partition coefficient (Wildman–Crippen LogP) is 1.94. The monoisotopic (exact) mass is 393 g/mol. The van der Waals surface area contributed by atoms with Crippen molar-refractivity contribution in [2.45, 2.75) is 32.9 Å². The normalized spacial score (nSPS) is 17.6. The molecule has 0 bridgehead atoms. The number of amides is 2. The smallest absolute Gasteiger partial charge is 0.337 e. The summed E-state index contributed by atoms with van der Waals surface area (Å²) >= 11 is 1.25. The van der Waals surface area contributed by atoms with Crippen molar-refractivity contribution < 1.29 is 23.9 Å². The molecule has 2 heterocycles. The van der Waals surface area contributed by atoms with Gasteiger partial charge in [0.15, 0.2) is 0 Å². The van der Waals surface area contributed by atoms with Crippen LogP contribution in [0.5, 0.6) is 0 Å². The molecule has 146 valence electrons. The molecule has 0 aliphatic carbocycles. The van der Waals surface area contributed by atoms with Crippen LogP contribution in [0.15, 0.2) is 35.8 Å². The summed E-state index contributed by atoms with van der Waals surface area (Å²) in [5.41, 5.74) is 1.62. The summed E-state index contributed by atoms with van der Waals surface area (Å²) in [4.78, 5) is 39.9. The predicted molar refractivity (Wildman–Crippen MR) is 101 cm³/mol. The molecule has 2 rings (SSSR count). The number of urea groups is 1. The van der Waals surface area contributed by atoms with Gasteiger partial charge in [-0.15, -0.1) is 11.8 Å². The highest BCUT2D eigenvalue weighted by Gasteiger charge is 2.29. The van der Waals surface area contributed by atoms with Crippen LogP contribution in [0.25, 0.3) is 0 Å². The van der Waals surface area contributed by atoms with Gasteiger partial charge in [-0.25, -0.2) is 9.59 Å². The van der Waals surface area contributed by atoms with Crippen LogP contribution in [0, 0.1) is 0 Å². The summed E-state index contributed by atoms with van der Waals surface area (Å²) in [5, 5.41) is 5.25. The molecule has 2 amide bonds. The van der Waals surface area contributed by atoms with Gasteiger partial charge in [0.2, 0.25) is 0 Å². The lowest BCUT2D eigenvalue weighted by Gasteiger charge is -2.26. The Morgan fingerprint density at radius 1 is 1.41 bits per heavy atom. The summed E-state index contributed by atoms with van der Waals surface area (Å²) < 4.78 is 10.4. The largest absolute Gasteiger partial charge is 0.463 e. The second-order valence-electron chi connectivity index (χ2n) is 5.84. The molecule has 0 saturated carbocycles. The molecule has 0 spiro atoms. The van der Waals surface area contributed by atoms with Gasteiger partial charge < -0.3 is 20.1 Å². The second kappa shape index (κ2) is 9.96. The fourth-order valence-corrected chi connectivity index (χ4v) is 3.31. The van der Waals surface area contributed by atoms with Crippen LogP contribution in [0.2, 0.25) is 0 Å². The molecule has 0 fully saturated rings. The fraction of sp³-hybridized carbons (Fsp3) is 0.444. The first kappa shape index (κ1) is 20.8. The molecule has 1 aromatic rings. The molecule has 9 heteroatoms. The van der Waals surface area contributed by atoms with Gasteiger partial charge in [0.1, 0.15) is 6.10 Å². The third-order valence-corrected chi connectivity index (χ3v) is 4.73. The van der Waals surface area contributed by atoms with Crippen molar-refractivity contribution >= 4 is 29.7 Å². The molecule has 1 aliphatic rings. The number of hydrogen-bond donors (Lipinski definition) is 2. The topological polar surface area (TPSA) is 107 Å². The van der Waals surface area contributed by atoms with Crippen molar-refractivity contribution in [1.29, 1.82) is 0 Å². The average molecular weight is 393 g/mol. The van der Waals surface area contributed by atoms with E-state index < -0.39 is 18.1 Å². The van der Waals surface area contributed by atoms with Crippen molar-refractivity contribution in [2.75, 3.05) is 18.1 Å². The van der Waals surface area contributed by atoms with Crippen LogP contribution in [0.3, 0.4) is 0 Å². The van der Waals surface area contributed by atoms with Crippen molar-refractivity contribution in [3.8, 4) is 0 Å². The highest BCUT2D eigenvalue weighted by molar-refractivity contribution is 8.00. The van der Waals surface area contributed by atoms with Crippen LogP contribution in [0.4, 0.5) is 4.79 Å². The van der Waals surface area contributed by atoms with Crippen LogP contribution in [-0.4, -0.2) is 47.1 Å². The number of pyridine rings is 1. The Labute approximate surface area is 162 Å². The van der Waals surface area contributed by atoms with Gasteiger partial charge in [-0.3, -0.25) is 9.78 Å². The van der Waals surface area contributed by atoms with E-state index in [1.807, 2.05) is 6.07 Å². The third kappa shape index (κ3) is 5.99. The number of esters is 2. The highest BCUT2D eigenvalue weighted by atomic mass is 32.2. The minimum atomic E-state index is -0.485. The number of rotatable bonds is 8. The number of nitrogens with zero attached hydrogens (tertiary/aromatic N) is 1. The van der Waals surface area contributed by atoms with Crippen molar-refractivity contribution in [2.24, 2.45) is 0 Å². The molecule has 0 aromatic carbocycles. The minimum absolute atomic E-state index is 0.0852. The van der Waals surface area contributed by atoms with E-state index in [0.29, 0.717) is 11.3 Å². The maximum Gasteiger partial charge on any atom is 0.337 e. The molecular weight excluding hydrogens is 370 g/mol. The van der Waals surface area contributed by atoms with E-state index in [0.717, 1.165) is 5.56 Å². The summed E-state index contributed by atoms with van der Waals surface area (Å²) in [6, 6.07) is 2.75. The number of aromatic nitrogens is 1. The van der Waals surface area contributed by atoms with Crippen LogP contribution >= 0.6 is 11.8 Å². The summed E-state index contributed by atoms with van der Waals surface area (Å²) in [7, 11) is 0. The highest BCUT2D eigenvalue weighted by Crippen LogP contribution is 2.20. The van der Waals surface area contributed by atoms with E-state index in [9.17, 15) is 14.4 Å². The maximum absolute atomic E-state index is 12.1. The Morgan fingerprint density at radius 2 is 2.19 bits per heavy atom.